The molecule has 1 N–H and O–H groups in total. The molecule has 8 heteroatoms. The normalized spacial score (nSPS) is 11.0. The Kier molecular flexibility index (Phi) is 7.33. The van der Waals surface area contributed by atoms with Gasteiger partial charge in [-0.25, -0.2) is 0 Å². The summed E-state index contributed by atoms with van der Waals surface area (Å²) in [6.07, 6.45) is 0. The number of allylic oxidation sites excluding steroid dienone is 1. The van der Waals surface area contributed by atoms with Crippen molar-refractivity contribution in [2.45, 2.75) is 51.9 Å². The molecule has 2 aromatic rings. The van der Waals surface area contributed by atoms with Gasteiger partial charge in [-0.15, -0.1) is 10.2 Å². The number of nitrogens with zero attached hydrogens (tertiary/aromatic N) is 3. The van der Waals surface area contributed by atoms with Crippen LogP contribution in [0.25, 0.3) is 0 Å². The van der Waals surface area contributed by atoms with Crippen LogP contribution in [0.3, 0.4) is 0 Å². The second-order valence-electron chi connectivity index (χ2n) is 6.71. The zero-order valence-corrected chi connectivity index (χ0v) is 17.5. The smallest absolute Gasteiger partial charge is 0.313 e. The van der Waals surface area contributed by atoms with Gasteiger partial charge in [0.1, 0.15) is 12.4 Å². The van der Waals surface area contributed by atoms with Gasteiger partial charge in [0.15, 0.2) is 11.0 Å². The highest BCUT2D eigenvalue weighted by molar-refractivity contribution is 7.99. The molecule has 0 aliphatic heterocycles. The molecule has 0 spiro atoms. The SMILES string of the molecule is C=C(C)Cn1c(COc2cc(C)c(Cl)cc2C(C)C)nnc1SCC(=O)O. The number of rotatable bonds is 9. The van der Waals surface area contributed by atoms with Crippen LogP contribution in [0.5, 0.6) is 5.75 Å². The molecule has 2 rings (SSSR count). The lowest BCUT2D eigenvalue weighted by atomic mass is 10.0. The van der Waals surface area contributed by atoms with E-state index in [-0.39, 0.29) is 18.3 Å². The molecule has 146 valence electrons. The standard InChI is InChI=1S/C19H24ClN3O3S/c1-11(2)8-23-17(21-22-19(23)27-10-18(24)25)9-26-16-6-13(5)15(20)7-14(16)12(3)4/h6-7,12H,1,8-10H2,2-5H3,(H,24,25). The van der Waals surface area contributed by atoms with Crippen LogP contribution in [-0.2, 0) is 17.9 Å². The molecule has 0 amide bonds. The summed E-state index contributed by atoms with van der Waals surface area (Å²) >= 11 is 7.38. The number of thioether (sulfide) groups is 1. The summed E-state index contributed by atoms with van der Waals surface area (Å²) in [7, 11) is 0. The van der Waals surface area contributed by atoms with Gasteiger partial charge in [-0.05, 0) is 43.0 Å². The van der Waals surface area contributed by atoms with Crippen LogP contribution in [-0.4, -0.2) is 31.6 Å². The zero-order valence-electron chi connectivity index (χ0n) is 16.0. The number of hydrogen-bond acceptors (Lipinski definition) is 5. The first-order chi connectivity index (χ1) is 12.7. The minimum Gasteiger partial charge on any atom is -0.485 e. The quantitative estimate of drug-likeness (QED) is 0.478. The lowest BCUT2D eigenvalue weighted by Gasteiger charge is -2.16. The first-order valence-corrected chi connectivity index (χ1v) is 9.89. The molecule has 0 radical (unpaired) electrons. The highest BCUT2D eigenvalue weighted by Gasteiger charge is 2.16. The predicted molar refractivity (Wildman–Crippen MR) is 108 cm³/mol. The van der Waals surface area contributed by atoms with Crippen LogP contribution in [0.15, 0.2) is 29.4 Å². The fourth-order valence-electron chi connectivity index (χ4n) is 2.48. The highest BCUT2D eigenvalue weighted by Crippen LogP contribution is 2.32. The molecule has 0 aliphatic rings. The number of carbonyl (C=O) groups is 1. The summed E-state index contributed by atoms with van der Waals surface area (Å²) in [5, 5.41) is 18.5. The summed E-state index contributed by atoms with van der Waals surface area (Å²) in [5.41, 5.74) is 2.88. The minimum atomic E-state index is -0.902. The molecule has 0 atom stereocenters. The van der Waals surface area contributed by atoms with Crippen LogP contribution in [0.4, 0.5) is 0 Å². The van der Waals surface area contributed by atoms with Gasteiger partial charge < -0.3 is 9.84 Å². The Balaban J connectivity index is 2.26. The Morgan fingerprint density at radius 2 is 2.11 bits per heavy atom. The molecule has 0 bridgehead atoms. The van der Waals surface area contributed by atoms with E-state index in [0.29, 0.717) is 22.5 Å². The largest absolute Gasteiger partial charge is 0.485 e. The maximum atomic E-state index is 10.9. The van der Waals surface area contributed by atoms with Gasteiger partial charge >= 0.3 is 5.97 Å². The van der Waals surface area contributed by atoms with E-state index in [9.17, 15) is 4.79 Å². The average molecular weight is 410 g/mol. The Morgan fingerprint density at radius 3 is 2.70 bits per heavy atom. The molecular formula is C19H24ClN3O3S. The third-order valence-electron chi connectivity index (χ3n) is 3.82. The van der Waals surface area contributed by atoms with Gasteiger partial charge in [0.2, 0.25) is 0 Å². The molecular weight excluding hydrogens is 386 g/mol. The fourth-order valence-corrected chi connectivity index (χ4v) is 3.33. The maximum Gasteiger partial charge on any atom is 0.313 e. The first kappa shape index (κ1) is 21.3. The second kappa shape index (κ2) is 9.28. The lowest BCUT2D eigenvalue weighted by Crippen LogP contribution is -2.10. The molecule has 27 heavy (non-hydrogen) atoms. The molecule has 0 saturated carbocycles. The van der Waals surface area contributed by atoms with Crippen LogP contribution < -0.4 is 4.74 Å². The molecule has 0 fully saturated rings. The number of carboxylic acid groups (broad SMARTS) is 1. The highest BCUT2D eigenvalue weighted by atomic mass is 35.5. The van der Waals surface area contributed by atoms with Crippen molar-refractivity contribution in [3.05, 3.63) is 46.3 Å². The topological polar surface area (TPSA) is 77.2 Å². The van der Waals surface area contributed by atoms with E-state index in [1.165, 1.54) is 0 Å². The van der Waals surface area contributed by atoms with E-state index in [1.54, 1.807) is 0 Å². The van der Waals surface area contributed by atoms with Crippen molar-refractivity contribution in [1.29, 1.82) is 0 Å². The van der Waals surface area contributed by atoms with Crippen LogP contribution in [0, 0.1) is 6.92 Å². The maximum absolute atomic E-state index is 10.9. The van der Waals surface area contributed by atoms with E-state index in [1.807, 2.05) is 30.5 Å². The Labute approximate surface area is 168 Å². The van der Waals surface area contributed by atoms with Crippen LogP contribution in [0.1, 0.15) is 43.6 Å². The van der Waals surface area contributed by atoms with E-state index < -0.39 is 5.97 Å². The van der Waals surface area contributed by atoms with Gasteiger partial charge in [-0.3, -0.25) is 9.36 Å². The lowest BCUT2D eigenvalue weighted by molar-refractivity contribution is -0.133. The van der Waals surface area contributed by atoms with Gasteiger partial charge in [0, 0.05) is 11.6 Å². The van der Waals surface area contributed by atoms with Crippen molar-refractivity contribution in [2.75, 3.05) is 5.75 Å². The summed E-state index contributed by atoms with van der Waals surface area (Å²) in [6.45, 7) is 12.6. The summed E-state index contributed by atoms with van der Waals surface area (Å²) in [5.74, 6) is 0.655. The van der Waals surface area contributed by atoms with Crippen molar-refractivity contribution < 1.29 is 14.6 Å². The molecule has 1 heterocycles. The Bertz CT molecular complexity index is 849. The number of ether oxygens (including phenoxy) is 1. The first-order valence-electron chi connectivity index (χ1n) is 8.53. The third-order valence-corrected chi connectivity index (χ3v) is 5.17. The van der Waals surface area contributed by atoms with Crippen molar-refractivity contribution in [3.63, 3.8) is 0 Å². The minimum absolute atomic E-state index is 0.0803. The van der Waals surface area contributed by atoms with Gasteiger partial charge in [0.05, 0.1) is 5.75 Å². The van der Waals surface area contributed by atoms with Crippen molar-refractivity contribution >= 4 is 29.3 Å². The van der Waals surface area contributed by atoms with Crippen molar-refractivity contribution in [2.24, 2.45) is 0 Å². The number of aliphatic carboxylic acids is 1. The van der Waals surface area contributed by atoms with Gasteiger partial charge in [-0.1, -0.05) is 49.4 Å². The number of benzene rings is 1. The molecule has 1 aromatic carbocycles. The molecule has 1 aromatic heterocycles. The average Bonchev–Trinajstić information content (AvgIpc) is 2.94. The van der Waals surface area contributed by atoms with Gasteiger partial charge in [-0.2, -0.15) is 0 Å². The van der Waals surface area contributed by atoms with E-state index in [0.717, 1.165) is 34.2 Å². The number of hydrogen-bond donors (Lipinski definition) is 1. The second-order valence-corrected chi connectivity index (χ2v) is 8.06. The Morgan fingerprint density at radius 1 is 1.41 bits per heavy atom. The molecule has 0 aliphatic carbocycles. The monoisotopic (exact) mass is 409 g/mol. The predicted octanol–water partition coefficient (Wildman–Crippen LogP) is 4.70. The number of carboxylic acids is 1. The molecule has 6 nitrogen and oxygen atoms in total. The van der Waals surface area contributed by atoms with Crippen LogP contribution in [0.2, 0.25) is 5.02 Å². The summed E-state index contributed by atoms with van der Waals surface area (Å²) in [6, 6.07) is 3.86. The van der Waals surface area contributed by atoms with E-state index >= 15 is 0 Å². The number of aryl methyl sites for hydroxylation is 1. The third kappa shape index (κ3) is 5.74. The zero-order chi connectivity index (χ0) is 20.1. The number of aromatic nitrogens is 3. The van der Waals surface area contributed by atoms with Crippen molar-refractivity contribution in [1.82, 2.24) is 14.8 Å². The van der Waals surface area contributed by atoms with Crippen LogP contribution >= 0.6 is 23.4 Å². The summed E-state index contributed by atoms with van der Waals surface area (Å²) < 4.78 is 7.89. The van der Waals surface area contributed by atoms with Gasteiger partial charge in [0.25, 0.3) is 0 Å². The molecule has 0 saturated heterocycles. The Hall–Kier alpha value is -1.99. The van der Waals surface area contributed by atoms with E-state index in [4.69, 9.17) is 21.4 Å². The van der Waals surface area contributed by atoms with E-state index in [2.05, 4.69) is 30.6 Å². The summed E-state index contributed by atoms with van der Waals surface area (Å²) in [4.78, 5) is 10.9. The fraction of sp³-hybridized carbons (Fsp3) is 0.421. The number of halogens is 1. The molecule has 0 unspecified atom stereocenters. The van der Waals surface area contributed by atoms with Crippen molar-refractivity contribution in [3.8, 4) is 5.75 Å².